The smallest absolute Gasteiger partial charge is 0.338 e. The number of halogens is 2. The number of esters is 1. The van der Waals surface area contributed by atoms with E-state index in [1.54, 1.807) is 29.7 Å². The van der Waals surface area contributed by atoms with E-state index >= 15 is 0 Å². The molecule has 4 aromatic carbocycles. The number of benzene rings is 4. The molecule has 1 aliphatic heterocycles. The molecule has 0 saturated heterocycles. The molecule has 0 unspecified atom stereocenters. The first-order chi connectivity index (χ1) is 22.7. The van der Waals surface area contributed by atoms with Gasteiger partial charge in [-0.1, -0.05) is 127 Å². The van der Waals surface area contributed by atoms with Gasteiger partial charge < -0.3 is 9.47 Å². The van der Waals surface area contributed by atoms with E-state index in [1.165, 1.54) is 11.3 Å². The maximum absolute atomic E-state index is 14.3. The lowest BCUT2D eigenvalue weighted by molar-refractivity contribution is -0.138. The summed E-state index contributed by atoms with van der Waals surface area (Å²) in [5.41, 5.74) is 4.74. The molecule has 0 spiro atoms. The second kappa shape index (κ2) is 14.1. The van der Waals surface area contributed by atoms with Gasteiger partial charge in [0.15, 0.2) is 4.80 Å². The Balaban J connectivity index is 1.51. The molecule has 0 amide bonds. The third-order valence-electron chi connectivity index (χ3n) is 7.90. The first kappa shape index (κ1) is 32.5. The van der Waals surface area contributed by atoms with Gasteiger partial charge in [-0.3, -0.25) is 9.36 Å². The van der Waals surface area contributed by atoms with Crippen LogP contribution in [-0.4, -0.2) is 17.1 Å². The zero-order valence-corrected chi connectivity index (χ0v) is 28.4. The summed E-state index contributed by atoms with van der Waals surface area (Å²) in [6, 6.07) is 29.6. The van der Waals surface area contributed by atoms with Gasteiger partial charge in [-0.15, -0.1) is 0 Å². The van der Waals surface area contributed by atoms with Crippen molar-refractivity contribution in [1.29, 1.82) is 0 Å². The summed E-state index contributed by atoms with van der Waals surface area (Å²) < 4.78 is 13.8. The highest BCUT2D eigenvalue weighted by atomic mass is 35.5. The zero-order chi connectivity index (χ0) is 33.1. The molecule has 0 fully saturated rings. The van der Waals surface area contributed by atoms with Gasteiger partial charge in [-0.05, 0) is 48.2 Å². The highest BCUT2D eigenvalue weighted by molar-refractivity contribution is 7.07. The van der Waals surface area contributed by atoms with Gasteiger partial charge in [0, 0.05) is 26.7 Å². The van der Waals surface area contributed by atoms with Crippen molar-refractivity contribution in [1.82, 2.24) is 4.57 Å². The van der Waals surface area contributed by atoms with E-state index in [0.29, 0.717) is 47.9 Å². The predicted molar refractivity (Wildman–Crippen MR) is 189 cm³/mol. The monoisotopic (exact) mass is 682 g/mol. The van der Waals surface area contributed by atoms with Crippen LogP contribution in [0.3, 0.4) is 0 Å². The molecule has 5 aromatic rings. The Morgan fingerprint density at radius 1 is 0.979 bits per heavy atom. The fraction of sp³-hybridized carbons (Fsp3) is 0.184. The molecule has 0 aliphatic carbocycles. The highest BCUT2D eigenvalue weighted by Gasteiger charge is 2.35. The zero-order valence-electron chi connectivity index (χ0n) is 26.1. The van der Waals surface area contributed by atoms with Crippen LogP contribution in [0.2, 0.25) is 10.0 Å². The number of carbonyl (C=O) groups excluding carboxylic acids is 1. The Morgan fingerprint density at radius 2 is 1.70 bits per heavy atom. The van der Waals surface area contributed by atoms with Crippen molar-refractivity contribution >= 4 is 52.3 Å². The molecular formula is C38H32Cl2N2O4S. The molecule has 47 heavy (non-hydrogen) atoms. The number of thiazole rings is 1. The van der Waals surface area contributed by atoms with Crippen LogP contribution in [0.1, 0.15) is 60.5 Å². The van der Waals surface area contributed by atoms with Crippen molar-refractivity contribution in [2.45, 2.75) is 39.3 Å². The maximum Gasteiger partial charge on any atom is 0.338 e. The van der Waals surface area contributed by atoms with Crippen LogP contribution in [0.4, 0.5) is 0 Å². The van der Waals surface area contributed by atoms with E-state index in [4.69, 9.17) is 37.7 Å². The summed E-state index contributed by atoms with van der Waals surface area (Å²) in [6.07, 6.45) is 1.80. The molecule has 0 radical (unpaired) electrons. The fourth-order valence-corrected chi connectivity index (χ4v) is 6.94. The Hall–Kier alpha value is -4.43. The van der Waals surface area contributed by atoms with Crippen LogP contribution < -0.4 is 19.6 Å². The number of nitrogens with zero attached hydrogens (tertiary/aromatic N) is 2. The Labute approximate surface area is 286 Å². The minimum atomic E-state index is -0.748. The van der Waals surface area contributed by atoms with Gasteiger partial charge in [-0.25, -0.2) is 9.79 Å². The van der Waals surface area contributed by atoms with Crippen molar-refractivity contribution in [2.24, 2.45) is 4.99 Å². The van der Waals surface area contributed by atoms with E-state index < -0.39 is 12.0 Å². The van der Waals surface area contributed by atoms with Crippen LogP contribution in [0.5, 0.6) is 5.75 Å². The average molecular weight is 684 g/mol. The number of para-hydroxylation sites is 1. The summed E-state index contributed by atoms with van der Waals surface area (Å²) in [5.74, 6) is 0.397. The molecule has 238 valence electrons. The number of rotatable bonds is 9. The minimum Gasteiger partial charge on any atom is -0.488 e. The van der Waals surface area contributed by atoms with Crippen molar-refractivity contribution < 1.29 is 14.3 Å². The van der Waals surface area contributed by atoms with Gasteiger partial charge in [0.1, 0.15) is 12.4 Å². The summed E-state index contributed by atoms with van der Waals surface area (Å²) in [4.78, 5) is 33.5. The topological polar surface area (TPSA) is 69.9 Å². The van der Waals surface area contributed by atoms with E-state index in [9.17, 15) is 9.59 Å². The second-order valence-corrected chi connectivity index (χ2v) is 13.2. The Bertz CT molecular complexity index is 2150. The van der Waals surface area contributed by atoms with E-state index in [-0.39, 0.29) is 18.8 Å². The van der Waals surface area contributed by atoms with Crippen LogP contribution in [0.15, 0.2) is 112 Å². The number of carbonyl (C=O) groups is 1. The van der Waals surface area contributed by atoms with Gasteiger partial charge in [0.2, 0.25) is 0 Å². The molecule has 9 heteroatoms. The lowest BCUT2D eigenvalue weighted by Crippen LogP contribution is -2.40. The summed E-state index contributed by atoms with van der Waals surface area (Å²) in [6.45, 7) is 6.43. The molecule has 6 rings (SSSR count). The van der Waals surface area contributed by atoms with Crippen molar-refractivity contribution in [3.8, 4) is 5.75 Å². The highest BCUT2D eigenvalue weighted by Crippen LogP contribution is 2.36. The quantitative estimate of drug-likeness (QED) is 0.148. The van der Waals surface area contributed by atoms with Gasteiger partial charge in [0.25, 0.3) is 5.56 Å². The third kappa shape index (κ3) is 6.84. The standard InChI is InChI=1S/C38H32Cl2N2O4S/c1-4-45-37(44)33-34(25-10-6-5-7-11-25)41-38-42(35(33)26-16-14-24(15-17-26)23(2)3)36(43)32(47-38)20-27-12-8-9-13-31(27)46-22-28-18-19-29(39)21-30(28)40/h5-21,23,35H,4,22H2,1-3H3/b32-20+/t35-/m0/s1. The number of fused-ring (bicyclic) bond motifs is 1. The first-order valence-electron chi connectivity index (χ1n) is 15.3. The molecule has 0 bridgehead atoms. The van der Waals surface area contributed by atoms with Crippen molar-refractivity contribution in [2.75, 3.05) is 6.61 Å². The van der Waals surface area contributed by atoms with E-state index in [0.717, 1.165) is 22.3 Å². The van der Waals surface area contributed by atoms with Crippen molar-refractivity contribution in [3.05, 3.63) is 160 Å². The SMILES string of the molecule is CCOC(=O)C1=C(c2ccccc2)N=c2s/c(=C/c3ccccc3OCc3ccc(Cl)cc3Cl)c(=O)n2[C@H]1c1ccc(C(C)C)cc1. The molecule has 1 aliphatic rings. The lowest BCUT2D eigenvalue weighted by atomic mass is 9.91. The number of ether oxygens (including phenoxy) is 2. The average Bonchev–Trinajstić information content (AvgIpc) is 3.38. The van der Waals surface area contributed by atoms with Gasteiger partial charge >= 0.3 is 5.97 Å². The molecule has 6 nitrogen and oxygen atoms in total. The third-order valence-corrected chi connectivity index (χ3v) is 9.47. The molecule has 1 atom stereocenters. The fourth-order valence-electron chi connectivity index (χ4n) is 5.49. The largest absolute Gasteiger partial charge is 0.488 e. The van der Waals surface area contributed by atoms with Crippen LogP contribution in [-0.2, 0) is 16.1 Å². The lowest BCUT2D eigenvalue weighted by Gasteiger charge is -2.26. The Morgan fingerprint density at radius 3 is 2.40 bits per heavy atom. The van der Waals surface area contributed by atoms with Gasteiger partial charge in [-0.2, -0.15) is 0 Å². The molecule has 0 N–H and O–H groups in total. The molecule has 1 aromatic heterocycles. The Kier molecular flexibility index (Phi) is 9.78. The van der Waals surface area contributed by atoms with Gasteiger partial charge in [0.05, 0.1) is 28.5 Å². The van der Waals surface area contributed by atoms with Crippen LogP contribution in [0, 0.1) is 0 Å². The second-order valence-electron chi connectivity index (χ2n) is 11.3. The summed E-state index contributed by atoms with van der Waals surface area (Å²) in [7, 11) is 0. The maximum atomic E-state index is 14.3. The van der Waals surface area contributed by atoms with Crippen molar-refractivity contribution in [3.63, 3.8) is 0 Å². The van der Waals surface area contributed by atoms with E-state index in [2.05, 4.69) is 13.8 Å². The number of aromatic nitrogens is 1. The summed E-state index contributed by atoms with van der Waals surface area (Å²) in [5, 5.41) is 1.06. The molecule has 0 saturated carbocycles. The minimum absolute atomic E-state index is 0.186. The number of hydrogen-bond donors (Lipinski definition) is 0. The molecular weight excluding hydrogens is 651 g/mol. The van der Waals surface area contributed by atoms with Crippen LogP contribution in [0.25, 0.3) is 11.8 Å². The normalized spacial score (nSPS) is 14.6. The van der Waals surface area contributed by atoms with E-state index in [1.807, 2.05) is 84.9 Å². The predicted octanol–water partition coefficient (Wildman–Crippen LogP) is 7.94. The molecule has 2 heterocycles. The van der Waals surface area contributed by atoms with Crippen LogP contribution >= 0.6 is 34.5 Å². The number of hydrogen-bond acceptors (Lipinski definition) is 6. The first-order valence-corrected chi connectivity index (χ1v) is 16.9. The summed E-state index contributed by atoms with van der Waals surface area (Å²) >= 11 is 13.7.